The molecule has 3 aliphatic heterocycles. The van der Waals surface area contributed by atoms with Gasteiger partial charge in [-0.3, -0.25) is 14.9 Å². The van der Waals surface area contributed by atoms with Crippen LogP contribution in [0.15, 0.2) is 57.8 Å². The maximum absolute atomic E-state index is 12.8. The van der Waals surface area contributed by atoms with Crippen LogP contribution in [-0.4, -0.2) is 50.1 Å². The predicted molar refractivity (Wildman–Crippen MR) is 127 cm³/mol. The van der Waals surface area contributed by atoms with Crippen LogP contribution >= 0.6 is 0 Å². The van der Waals surface area contributed by atoms with Crippen LogP contribution < -0.4 is 16.0 Å². The van der Waals surface area contributed by atoms with Gasteiger partial charge in [0.2, 0.25) is 5.91 Å². The quantitative estimate of drug-likeness (QED) is 0.546. The van der Waals surface area contributed by atoms with Gasteiger partial charge in [-0.1, -0.05) is 36.4 Å². The van der Waals surface area contributed by atoms with E-state index in [2.05, 4.69) is 20.3 Å². The normalized spacial score (nSPS) is 23.3. The number of likely N-dealkylation sites (tertiary alicyclic amines) is 1. The van der Waals surface area contributed by atoms with Crippen molar-refractivity contribution < 1.29 is 22.8 Å². The molecule has 3 N–H and O–H groups in total. The van der Waals surface area contributed by atoms with Gasteiger partial charge in [0.15, 0.2) is 5.84 Å². The number of benzene rings is 2. The third-order valence-electron chi connectivity index (χ3n) is 6.79. The molecular weight excluding hydrogens is 470 g/mol. The summed E-state index contributed by atoms with van der Waals surface area (Å²) in [5, 5.41) is 7.85. The van der Waals surface area contributed by atoms with E-state index in [1.165, 1.54) is 0 Å². The molecule has 35 heavy (non-hydrogen) atoms. The first-order chi connectivity index (χ1) is 16.7. The lowest BCUT2D eigenvalue weighted by molar-refractivity contribution is -0.126. The Morgan fingerprint density at radius 3 is 2.60 bits per heavy atom. The molecule has 182 valence electrons. The van der Waals surface area contributed by atoms with Crippen LogP contribution in [0.5, 0.6) is 0 Å². The number of sulfonamides is 1. The molecule has 1 unspecified atom stereocenters. The predicted octanol–water partition coefficient (Wildman–Crippen LogP) is 1.22. The molecule has 10 nitrogen and oxygen atoms in total. The van der Waals surface area contributed by atoms with E-state index in [1.54, 1.807) is 49.4 Å². The molecule has 5 rings (SSSR count). The highest BCUT2D eigenvalue weighted by Gasteiger charge is 2.43. The third kappa shape index (κ3) is 4.16. The minimum atomic E-state index is -3.68. The summed E-state index contributed by atoms with van der Waals surface area (Å²) < 4.78 is 28.7. The molecule has 0 saturated carbocycles. The Kier molecular flexibility index (Phi) is 5.59. The number of rotatable bonds is 4. The first-order valence-electron chi connectivity index (χ1n) is 11.4. The van der Waals surface area contributed by atoms with Crippen molar-refractivity contribution >= 4 is 33.7 Å². The van der Waals surface area contributed by atoms with Crippen molar-refractivity contribution in [3.05, 3.63) is 65.2 Å². The van der Waals surface area contributed by atoms with Gasteiger partial charge in [-0.25, -0.2) is 4.79 Å². The second-order valence-electron chi connectivity index (χ2n) is 9.10. The number of hydrogen-bond donors (Lipinski definition) is 3. The number of piperidine rings is 1. The van der Waals surface area contributed by atoms with E-state index in [9.17, 15) is 22.8 Å². The highest BCUT2D eigenvalue weighted by molar-refractivity contribution is 7.90. The van der Waals surface area contributed by atoms with E-state index >= 15 is 0 Å². The van der Waals surface area contributed by atoms with Crippen LogP contribution in [-0.2, 0) is 31.7 Å². The van der Waals surface area contributed by atoms with Crippen LogP contribution in [0, 0.1) is 5.92 Å². The van der Waals surface area contributed by atoms with Gasteiger partial charge < -0.3 is 15.5 Å². The Balaban J connectivity index is 1.19. The van der Waals surface area contributed by atoms with Gasteiger partial charge in [0.1, 0.15) is 10.4 Å². The van der Waals surface area contributed by atoms with Crippen molar-refractivity contribution in [2.75, 3.05) is 13.1 Å². The molecule has 0 aliphatic carbocycles. The largest absolute Gasteiger partial charge is 0.355 e. The van der Waals surface area contributed by atoms with Gasteiger partial charge in [-0.05, 0) is 43.0 Å². The van der Waals surface area contributed by atoms with E-state index in [0.29, 0.717) is 42.9 Å². The van der Waals surface area contributed by atoms with Crippen molar-refractivity contribution in [3.63, 3.8) is 0 Å². The summed E-state index contributed by atoms with van der Waals surface area (Å²) in [5.41, 5.74) is 0.897. The van der Waals surface area contributed by atoms with Crippen LogP contribution in [0.4, 0.5) is 4.79 Å². The van der Waals surface area contributed by atoms with Crippen LogP contribution in [0.2, 0.25) is 0 Å². The number of urea groups is 1. The number of imide groups is 1. The number of fused-ring (bicyclic) bond motifs is 1. The molecule has 1 atom stereocenters. The number of nitrogens with zero attached hydrogens (tertiary/aromatic N) is 2. The smallest absolute Gasteiger partial charge is 0.322 e. The zero-order valence-electron chi connectivity index (χ0n) is 19.1. The van der Waals surface area contributed by atoms with E-state index in [1.807, 2.05) is 11.0 Å². The summed E-state index contributed by atoms with van der Waals surface area (Å²) in [4.78, 5) is 38.8. The van der Waals surface area contributed by atoms with E-state index in [-0.39, 0.29) is 23.3 Å². The second kappa shape index (κ2) is 8.49. The molecule has 11 heteroatoms. The Morgan fingerprint density at radius 2 is 1.89 bits per heavy atom. The molecule has 0 radical (unpaired) electrons. The summed E-state index contributed by atoms with van der Waals surface area (Å²) in [7, 11) is -3.68. The van der Waals surface area contributed by atoms with Crippen LogP contribution in [0.3, 0.4) is 0 Å². The molecule has 0 aromatic heterocycles. The Labute approximate surface area is 202 Å². The Morgan fingerprint density at radius 1 is 1.14 bits per heavy atom. The SMILES string of the molecule is CC1(c2cccc(CNC(=O)C3CCN(C4=NS(=O)(=O)c5ccccc54)CC3)c2)NC(=O)NC1=O. The topological polar surface area (TPSA) is 137 Å². The second-order valence-corrected chi connectivity index (χ2v) is 10.7. The van der Waals surface area contributed by atoms with E-state index < -0.39 is 27.5 Å². The lowest BCUT2D eigenvalue weighted by Gasteiger charge is -2.32. The van der Waals surface area contributed by atoms with E-state index in [4.69, 9.17) is 0 Å². The van der Waals surface area contributed by atoms with E-state index in [0.717, 1.165) is 5.56 Å². The fourth-order valence-corrected chi connectivity index (χ4v) is 5.97. The zero-order chi connectivity index (χ0) is 24.8. The standard InChI is InChI=1S/C24H25N5O5S/c1-24(22(31)26-23(32)27-24)17-6-4-5-15(13-17)14-25-21(30)16-9-11-29(12-10-16)20-18-7-2-3-8-19(18)35(33,34)28-20/h2-8,13,16H,9-12,14H2,1H3,(H,25,30)(H2,26,27,31,32). The molecule has 3 heterocycles. The summed E-state index contributed by atoms with van der Waals surface area (Å²) >= 11 is 0. The first-order valence-corrected chi connectivity index (χ1v) is 12.8. The number of amidine groups is 1. The van der Waals surface area contributed by atoms with Crippen molar-refractivity contribution in [1.82, 2.24) is 20.9 Å². The molecule has 2 saturated heterocycles. The van der Waals surface area contributed by atoms with Gasteiger partial charge in [0, 0.05) is 31.1 Å². The van der Waals surface area contributed by atoms with Gasteiger partial charge in [0.25, 0.3) is 15.9 Å². The lowest BCUT2D eigenvalue weighted by atomic mass is 9.91. The van der Waals surface area contributed by atoms with Crippen molar-refractivity contribution in [3.8, 4) is 0 Å². The molecule has 2 fully saturated rings. The molecule has 0 bridgehead atoms. The van der Waals surface area contributed by atoms with Gasteiger partial charge in [0.05, 0.1) is 0 Å². The van der Waals surface area contributed by atoms with Crippen LogP contribution in [0.25, 0.3) is 0 Å². The minimum Gasteiger partial charge on any atom is -0.355 e. The number of carbonyl (C=O) groups is 3. The molecule has 3 aliphatic rings. The monoisotopic (exact) mass is 495 g/mol. The fourth-order valence-electron chi connectivity index (χ4n) is 4.74. The van der Waals surface area contributed by atoms with Gasteiger partial charge >= 0.3 is 6.03 Å². The first kappa shape index (κ1) is 23.0. The van der Waals surface area contributed by atoms with Gasteiger partial charge in [-0.15, -0.1) is 4.40 Å². The fraction of sp³-hybridized carbons (Fsp3) is 0.333. The van der Waals surface area contributed by atoms with Crippen molar-refractivity contribution in [2.24, 2.45) is 10.3 Å². The van der Waals surface area contributed by atoms with Crippen molar-refractivity contribution in [1.29, 1.82) is 0 Å². The number of hydrogen-bond acceptors (Lipinski definition) is 6. The summed E-state index contributed by atoms with van der Waals surface area (Å²) in [6, 6.07) is 13.4. The molecule has 2 aromatic carbocycles. The molecule has 0 spiro atoms. The number of carbonyl (C=O) groups excluding carboxylic acids is 3. The third-order valence-corrected chi connectivity index (χ3v) is 8.12. The summed E-state index contributed by atoms with van der Waals surface area (Å²) in [6.07, 6.45) is 1.16. The Hall–Kier alpha value is -3.73. The minimum absolute atomic E-state index is 0.0745. The van der Waals surface area contributed by atoms with Gasteiger partial charge in [-0.2, -0.15) is 8.42 Å². The summed E-state index contributed by atoms with van der Waals surface area (Å²) in [6.45, 7) is 2.99. The zero-order valence-corrected chi connectivity index (χ0v) is 19.9. The van der Waals surface area contributed by atoms with Crippen LogP contribution in [0.1, 0.15) is 36.5 Å². The maximum Gasteiger partial charge on any atom is 0.322 e. The summed E-state index contributed by atoms with van der Waals surface area (Å²) in [5.74, 6) is -0.235. The highest BCUT2D eigenvalue weighted by Crippen LogP contribution is 2.30. The Bertz CT molecular complexity index is 1360. The average Bonchev–Trinajstić information content (AvgIpc) is 3.29. The molecule has 4 amide bonds. The molecular formula is C24H25N5O5S. The van der Waals surface area contributed by atoms with Crippen molar-refractivity contribution in [2.45, 2.75) is 36.7 Å². The highest BCUT2D eigenvalue weighted by atomic mass is 32.2. The number of nitrogens with one attached hydrogen (secondary N) is 3. The average molecular weight is 496 g/mol. The number of amides is 4. The maximum atomic E-state index is 12.8. The molecule has 2 aromatic rings. The lowest BCUT2D eigenvalue weighted by Crippen LogP contribution is -2.43.